The Kier molecular flexibility index (Phi) is 3.19. The van der Waals surface area contributed by atoms with Gasteiger partial charge in [-0.3, -0.25) is 4.57 Å². The molecule has 0 aromatic carbocycles. The minimum atomic E-state index is -2.97. The summed E-state index contributed by atoms with van der Waals surface area (Å²) in [5, 5.41) is 0. The average molecular weight is 257 g/mol. The predicted molar refractivity (Wildman–Crippen MR) is 62.5 cm³/mol. The van der Waals surface area contributed by atoms with Crippen molar-refractivity contribution in [3.8, 4) is 0 Å². The van der Waals surface area contributed by atoms with E-state index in [1.165, 1.54) is 17.1 Å². The fourth-order valence-electron chi connectivity index (χ4n) is 2.09. The molecule has 1 atom stereocenters. The lowest BCUT2D eigenvalue weighted by Crippen LogP contribution is -2.42. The van der Waals surface area contributed by atoms with Gasteiger partial charge in [-0.1, -0.05) is 0 Å². The van der Waals surface area contributed by atoms with Crippen molar-refractivity contribution < 1.29 is 13.2 Å². The maximum absolute atomic E-state index is 12.1. The molecule has 0 aliphatic carbocycles. The summed E-state index contributed by atoms with van der Waals surface area (Å²) in [6.45, 7) is 2.34. The fourth-order valence-corrected chi connectivity index (χ4v) is 3.82. The summed E-state index contributed by atoms with van der Waals surface area (Å²) < 4.78 is 24.2. The van der Waals surface area contributed by atoms with E-state index < -0.39 is 9.84 Å². The van der Waals surface area contributed by atoms with Crippen LogP contribution in [0.15, 0.2) is 18.7 Å². The van der Waals surface area contributed by atoms with E-state index in [9.17, 15) is 13.2 Å². The smallest absolute Gasteiger partial charge is 0.320 e. The van der Waals surface area contributed by atoms with Gasteiger partial charge in [0.25, 0.3) is 0 Å². The summed E-state index contributed by atoms with van der Waals surface area (Å²) in [5.74, 6) is 0.243. The molecule has 0 bridgehead atoms. The van der Waals surface area contributed by atoms with Gasteiger partial charge in [-0.15, -0.1) is 0 Å². The third-order valence-corrected chi connectivity index (χ3v) is 4.71. The van der Waals surface area contributed by atoms with E-state index in [1.54, 1.807) is 11.1 Å². The largest absolute Gasteiger partial charge is 0.329 e. The van der Waals surface area contributed by atoms with Crippen molar-refractivity contribution in [2.45, 2.75) is 19.4 Å². The number of nitrogens with zero attached hydrogens (tertiary/aromatic N) is 3. The zero-order valence-electron chi connectivity index (χ0n) is 9.61. The molecule has 0 N–H and O–H groups in total. The van der Waals surface area contributed by atoms with Gasteiger partial charge in [0, 0.05) is 25.0 Å². The van der Waals surface area contributed by atoms with Crippen molar-refractivity contribution in [3.63, 3.8) is 0 Å². The molecule has 17 heavy (non-hydrogen) atoms. The van der Waals surface area contributed by atoms with Gasteiger partial charge in [0.05, 0.1) is 11.5 Å². The van der Waals surface area contributed by atoms with Gasteiger partial charge in [0.15, 0.2) is 9.84 Å². The van der Waals surface area contributed by atoms with Gasteiger partial charge >= 0.3 is 6.03 Å². The lowest BCUT2D eigenvalue weighted by molar-refractivity contribution is 0.185. The molecule has 0 saturated carbocycles. The molecule has 0 spiro atoms. The Balaban J connectivity index is 2.15. The van der Waals surface area contributed by atoms with Crippen LogP contribution in [0, 0.1) is 0 Å². The molecule has 2 heterocycles. The Labute approximate surface area is 100 Å². The molecular formula is C10H15N3O3S. The summed E-state index contributed by atoms with van der Waals surface area (Å²) in [6.07, 6.45) is 5.04. The van der Waals surface area contributed by atoms with E-state index >= 15 is 0 Å². The van der Waals surface area contributed by atoms with Gasteiger partial charge in [-0.25, -0.2) is 18.2 Å². The molecule has 1 saturated heterocycles. The third kappa shape index (κ3) is 2.49. The summed E-state index contributed by atoms with van der Waals surface area (Å²) >= 11 is 0. The Morgan fingerprint density at radius 2 is 2.35 bits per heavy atom. The van der Waals surface area contributed by atoms with Crippen molar-refractivity contribution in [2.24, 2.45) is 0 Å². The van der Waals surface area contributed by atoms with Crippen LogP contribution in [-0.4, -0.2) is 53.0 Å². The number of amides is 1. The van der Waals surface area contributed by atoms with Crippen molar-refractivity contribution in [1.29, 1.82) is 0 Å². The van der Waals surface area contributed by atoms with Crippen molar-refractivity contribution in [3.05, 3.63) is 18.7 Å². The van der Waals surface area contributed by atoms with E-state index in [0.29, 0.717) is 13.0 Å². The summed E-state index contributed by atoms with van der Waals surface area (Å²) in [5.41, 5.74) is 0. The lowest BCUT2D eigenvalue weighted by atomic mass is 10.2. The summed E-state index contributed by atoms with van der Waals surface area (Å²) in [7, 11) is -2.97. The van der Waals surface area contributed by atoms with Crippen LogP contribution < -0.4 is 0 Å². The van der Waals surface area contributed by atoms with Gasteiger partial charge in [0.2, 0.25) is 0 Å². The highest BCUT2D eigenvalue weighted by molar-refractivity contribution is 7.91. The van der Waals surface area contributed by atoms with E-state index in [-0.39, 0.29) is 23.6 Å². The molecule has 1 aliphatic heterocycles. The van der Waals surface area contributed by atoms with E-state index in [4.69, 9.17) is 0 Å². The zero-order valence-corrected chi connectivity index (χ0v) is 10.4. The van der Waals surface area contributed by atoms with Crippen LogP contribution in [0.2, 0.25) is 0 Å². The van der Waals surface area contributed by atoms with Crippen LogP contribution in [0.1, 0.15) is 13.3 Å². The molecule has 1 unspecified atom stereocenters. The van der Waals surface area contributed by atoms with Crippen LogP contribution in [0.25, 0.3) is 0 Å². The van der Waals surface area contributed by atoms with Crippen LogP contribution in [0.3, 0.4) is 0 Å². The number of carbonyl (C=O) groups is 1. The quantitative estimate of drug-likeness (QED) is 0.767. The zero-order chi connectivity index (χ0) is 12.5. The summed E-state index contributed by atoms with van der Waals surface area (Å²) in [6, 6.07) is -0.424. The molecule has 1 aromatic heterocycles. The van der Waals surface area contributed by atoms with Crippen LogP contribution in [0.4, 0.5) is 4.79 Å². The van der Waals surface area contributed by atoms with Gasteiger partial charge in [-0.05, 0) is 13.3 Å². The minimum absolute atomic E-state index is 0.0707. The normalized spacial score (nSPS) is 22.5. The third-order valence-electron chi connectivity index (χ3n) is 2.96. The Hall–Kier alpha value is -1.37. The number of hydrogen-bond donors (Lipinski definition) is 0. The van der Waals surface area contributed by atoms with Crippen molar-refractivity contribution in [2.75, 3.05) is 18.1 Å². The summed E-state index contributed by atoms with van der Waals surface area (Å²) in [4.78, 5) is 17.5. The lowest BCUT2D eigenvalue weighted by Gasteiger charge is -2.26. The van der Waals surface area contributed by atoms with E-state index in [1.807, 2.05) is 6.92 Å². The number of imidazole rings is 1. The molecule has 2 rings (SSSR count). The van der Waals surface area contributed by atoms with Gasteiger partial charge in [0.1, 0.15) is 6.33 Å². The molecule has 94 valence electrons. The highest BCUT2D eigenvalue weighted by Gasteiger charge is 2.34. The fraction of sp³-hybridized carbons (Fsp3) is 0.600. The Morgan fingerprint density at radius 1 is 1.59 bits per heavy atom. The van der Waals surface area contributed by atoms with E-state index in [0.717, 1.165) is 0 Å². The molecule has 1 fully saturated rings. The monoisotopic (exact) mass is 257 g/mol. The van der Waals surface area contributed by atoms with Crippen LogP contribution in [-0.2, 0) is 9.84 Å². The molecule has 1 aliphatic rings. The highest BCUT2D eigenvalue weighted by atomic mass is 32.2. The van der Waals surface area contributed by atoms with E-state index in [2.05, 4.69) is 4.98 Å². The number of sulfone groups is 1. The molecule has 7 heteroatoms. The van der Waals surface area contributed by atoms with Crippen molar-refractivity contribution >= 4 is 15.9 Å². The number of carbonyl (C=O) groups excluding carboxylic acids is 1. The van der Waals surface area contributed by atoms with Gasteiger partial charge < -0.3 is 4.90 Å². The molecule has 1 aromatic rings. The highest BCUT2D eigenvalue weighted by Crippen LogP contribution is 2.18. The van der Waals surface area contributed by atoms with Gasteiger partial charge in [-0.2, -0.15) is 0 Å². The predicted octanol–water partition coefficient (Wildman–Crippen LogP) is 0.360. The standard InChI is InChI=1S/C10H15N3O3S/c1-2-13(9-3-6-17(15,16)7-9)10(14)12-5-4-11-8-12/h4-5,8-9H,2-3,6-7H2,1H3. The number of aromatic nitrogens is 2. The minimum Gasteiger partial charge on any atom is -0.320 e. The second-order valence-electron chi connectivity index (χ2n) is 4.10. The second kappa shape index (κ2) is 4.48. The first-order chi connectivity index (χ1) is 8.03. The van der Waals surface area contributed by atoms with Crippen LogP contribution in [0.5, 0.6) is 0 Å². The first kappa shape index (κ1) is 12.1. The maximum atomic E-state index is 12.1. The SMILES string of the molecule is CCN(C(=O)n1ccnc1)C1CCS(=O)(=O)C1. The molecule has 0 radical (unpaired) electrons. The number of rotatable bonds is 2. The molecule has 1 amide bonds. The Morgan fingerprint density at radius 3 is 2.82 bits per heavy atom. The Bertz CT molecular complexity index is 495. The second-order valence-corrected chi connectivity index (χ2v) is 6.32. The number of hydrogen-bond acceptors (Lipinski definition) is 4. The van der Waals surface area contributed by atoms with Crippen molar-refractivity contribution in [1.82, 2.24) is 14.5 Å². The maximum Gasteiger partial charge on any atom is 0.329 e. The van der Waals surface area contributed by atoms with Crippen LogP contribution >= 0.6 is 0 Å². The first-order valence-corrected chi connectivity index (χ1v) is 7.35. The average Bonchev–Trinajstić information content (AvgIpc) is 2.88. The molecular weight excluding hydrogens is 242 g/mol. The molecule has 6 nitrogen and oxygen atoms in total. The topological polar surface area (TPSA) is 72.3 Å². The first-order valence-electron chi connectivity index (χ1n) is 5.53.